The zero-order chi connectivity index (χ0) is 13.1. The monoisotopic (exact) mass is 242 g/mol. The Kier molecular flexibility index (Phi) is 4.51. The number of rotatable bonds is 3. The predicted octanol–water partition coefficient (Wildman–Crippen LogP) is 0.585. The Morgan fingerprint density at radius 1 is 1.35 bits per heavy atom. The van der Waals surface area contributed by atoms with Gasteiger partial charge in [0.1, 0.15) is 11.6 Å². The minimum absolute atomic E-state index is 0.0486. The number of nitrogens with one attached hydrogen (secondary N) is 2. The average Bonchev–Trinajstić information content (AvgIpc) is 2.60. The van der Waals surface area contributed by atoms with E-state index in [0.717, 1.165) is 12.8 Å². The van der Waals surface area contributed by atoms with Crippen molar-refractivity contribution in [3.05, 3.63) is 0 Å². The van der Waals surface area contributed by atoms with E-state index in [1.54, 1.807) is 0 Å². The molecular weight excluding hydrogens is 220 g/mol. The van der Waals surface area contributed by atoms with E-state index in [9.17, 15) is 9.59 Å². The van der Waals surface area contributed by atoms with E-state index in [0.29, 0.717) is 6.54 Å². The number of carbonyl (C=O) groups excluding carboxylic acids is 2. The molecule has 0 spiro atoms. The van der Waals surface area contributed by atoms with Crippen LogP contribution in [0.3, 0.4) is 0 Å². The molecule has 1 aliphatic rings. The van der Waals surface area contributed by atoms with Gasteiger partial charge in [0.25, 0.3) is 0 Å². The van der Waals surface area contributed by atoms with Gasteiger partial charge in [-0.1, -0.05) is 0 Å². The minimum Gasteiger partial charge on any atom is -0.459 e. The summed E-state index contributed by atoms with van der Waals surface area (Å²) < 4.78 is 5.31. The van der Waals surface area contributed by atoms with E-state index in [-0.39, 0.29) is 24.0 Å². The third-order valence-electron chi connectivity index (χ3n) is 2.53. The molecular formula is C12H22N2O3. The summed E-state index contributed by atoms with van der Waals surface area (Å²) in [5, 5.41) is 5.92. The van der Waals surface area contributed by atoms with Crippen LogP contribution in [0.4, 0.5) is 0 Å². The minimum atomic E-state index is -0.450. The Bertz CT molecular complexity index is 297. The molecule has 98 valence electrons. The van der Waals surface area contributed by atoms with Crippen molar-refractivity contribution in [2.24, 2.45) is 0 Å². The van der Waals surface area contributed by atoms with Gasteiger partial charge in [0.05, 0.1) is 0 Å². The van der Waals surface area contributed by atoms with Crippen molar-refractivity contribution in [2.75, 3.05) is 6.54 Å². The Morgan fingerprint density at radius 2 is 2.00 bits per heavy atom. The van der Waals surface area contributed by atoms with Gasteiger partial charge in [0.2, 0.25) is 5.91 Å². The fourth-order valence-corrected chi connectivity index (χ4v) is 1.81. The summed E-state index contributed by atoms with van der Waals surface area (Å²) in [4.78, 5) is 22.5. The summed E-state index contributed by atoms with van der Waals surface area (Å²) in [6, 6.07) is -0.0793. The van der Waals surface area contributed by atoms with E-state index in [2.05, 4.69) is 10.6 Å². The van der Waals surface area contributed by atoms with Crippen LogP contribution in [0.1, 0.15) is 40.5 Å². The van der Waals surface area contributed by atoms with E-state index >= 15 is 0 Å². The van der Waals surface area contributed by atoms with Crippen LogP contribution in [-0.2, 0) is 14.3 Å². The van der Waals surface area contributed by atoms with E-state index < -0.39 is 5.60 Å². The highest BCUT2D eigenvalue weighted by Gasteiger charge is 2.32. The van der Waals surface area contributed by atoms with E-state index in [1.165, 1.54) is 6.92 Å². The van der Waals surface area contributed by atoms with Gasteiger partial charge in [-0.2, -0.15) is 0 Å². The number of hydrogen-bond acceptors (Lipinski definition) is 4. The fourth-order valence-electron chi connectivity index (χ4n) is 1.81. The second kappa shape index (κ2) is 5.49. The van der Waals surface area contributed by atoms with Gasteiger partial charge in [0, 0.05) is 19.5 Å². The zero-order valence-electron chi connectivity index (χ0n) is 11.0. The van der Waals surface area contributed by atoms with Crippen molar-refractivity contribution in [1.82, 2.24) is 10.6 Å². The highest BCUT2D eigenvalue weighted by atomic mass is 16.6. The lowest BCUT2D eigenvalue weighted by atomic mass is 10.1. The highest BCUT2D eigenvalue weighted by Crippen LogP contribution is 2.16. The first-order valence-electron chi connectivity index (χ1n) is 6.01. The quantitative estimate of drug-likeness (QED) is 0.711. The molecule has 17 heavy (non-hydrogen) atoms. The third kappa shape index (κ3) is 5.17. The van der Waals surface area contributed by atoms with Crippen LogP contribution in [-0.4, -0.2) is 36.1 Å². The van der Waals surface area contributed by atoms with Gasteiger partial charge in [-0.15, -0.1) is 0 Å². The molecule has 0 aliphatic carbocycles. The summed E-state index contributed by atoms with van der Waals surface area (Å²) in [5.74, 6) is -0.254. The second-order valence-corrected chi connectivity index (χ2v) is 5.46. The number of ether oxygens (including phenoxy) is 1. The lowest BCUT2D eigenvalue weighted by molar-refractivity contribution is -0.157. The maximum Gasteiger partial charge on any atom is 0.323 e. The number of hydrogen-bond donors (Lipinski definition) is 2. The first kappa shape index (κ1) is 14.0. The predicted molar refractivity (Wildman–Crippen MR) is 64.5 cm³/mol. The first-order chi connectivity index (χ1) is 7.78. The van der Waals surface area contributed by atoms with Crippen LogP contribution in [0.25, 0.3) is 0 Å². The van der Waals surface area contributed by atoms with Gasteiger partial charge in [-0.05, 0) is 33.6 Å². The van der Waals surface area contributed by atoms with Crippen molar-refractivity contribution in [1.29, 1.82) is 0 Å². The summed E-state index contributed by atoms with van der Waals surface area (Å²) in [6.45, 7) is 7.62. The Balaban J connectivity index is 2.34. The van der Waals surface area contributed by atoms with Crippen LogP contribution in [0.5, 0.6) is 0 Å². The Hall–Kier alpha value is -1.10. The van der Waals surface area contributed by atoms with Gasteiger partial charge >= 0.3 is 5.97 Å². The average molecular weight is 242 g/mol. The molecule has 0 aromatic heterocycles. The molecule has 1 rings (SSSR count). The van der Waals surface area contributed by atoms with E-state index in [4.69, 9.17) is 4.74 Å². The Labute approximate surface area is 102 Å². The summed E-state index contributed by atoms with van der Waals surface area (Å²) in [5.41, 5.74) is -0.450. The molecule has 1 fully saturated rings. The molecule has 0 saturated carbocycles. The van der Waals surface area contributed by atoms with Crippen molar-refractivity contribution in [3.63, 3.8) is 0 Å². The SMILES string of the molecule is CC(=O)NCC1CCC(C(=O)OC(C)(C)C)N1. The van der Waals surface area contributed by atoms with Crippen LogP contribution in [0.15, 0.2) is 0 Å². The summed E-state index contributed by atoms with van der Waals surface area (Å²) in [6.07, 6.45) is 1.64. The normalized spacial score (nSPS) is 24.5. The second-order valence-electron chi connectivity index (χ2n) is 5.46. The zero-order valence-corrected chi connectivity index (χ0v) is 11.0. The number of esters is 1. The van der Waals surface area contributed by atoms with Crippen LogP contribution < -0.4 is 10.6 Å². The topological polar surface area (TPSA) is 67.4 Å². The lowest BCUT2D eigenvalue weighted by Crippen LogP contribution is -2.43. The summed E-state index contributed by atoms with van der Waals surface area (Å²) >= 11 is 0. The van der Waals surface area contributed by atoms with Crippen molar-refractivity contribution in [3.8, 4) is 0 Å². The van der Waals surface area contributed by atoms with Gasteiger partial charge in [0.15, 0.2) is 0 Å². The van der Waals surface area contributed by atoms with Gasteiger partial charge < -0.3 is 10.1 Å². The van der Waals surface area contributed by atoms with Crippen molar-refractivity contribution >= 4 is 11.9 Å². The van der Waals surface area contributed by atoms with E-state index in [1.807, 2.05) is 20.8 Å². The maximum atomic E-state index is 11.8. The molecule has 0 radical (unpaired) electrons. The smallest absolute Gasteiger partial charge is 0.323 e. The third-order valence-corrected chi connectivity index (χ3v) is 2.53. The molecule has 2 N–H and O–H groups in total. The van der Waals surface area contributed by atoms with Gasteiger partial charge in [-0.3, -0.25) is 14.9 Å². The molecule has 1 heterocycles. The molecule has 0 aromatic carbocycles. The molecule has 0 aromatic rings. The highest BCUT2D eigenvalue weighted by molar-refractivity contribution is 5.76. The fraction of sp³-hybridized carbons (Fsp3) is 0.833. The number of amides is 1. The number of carbonyl (C=O) groups is 2. The molecule has 1 saturated heterocycles. The van der Waals surface area contributed by atoms with Crippen LogP contribution in [0.2, 0.25) is 0 Å². The first-order valence-corrected chi connectivity index (χ1v) is 6.01. The molecule has 1 aliphatic heterocycles. The molecule has 2 unspecified atom stereocenters. The molecule has 5 nitrogen and oxygen atoms in total. The maximum absolute atomic E-state index is 11.8. The standard InChI is InChI=1S/C12H22N2O3/c1-8(15)13-7-9-5-6-10(14-9)11(16)17-12(2,3)4/h9-10,14H,5-7H2,1-4H3,(H,13,15). The molecule has 2 atom stereocenters. The molecule has 0 bridgehead atoms. The molecule has 5 heteroatoms. The van der Waals surface area contributed by atoms with Crippen LogP contribution >= 0.6 is 0 Å². The summed E-state index contributed by atoms with van der Waals surface area (Å²) in [7, 11) is 0. The molecule has 1 amide bonds. The largest absolute Gasteiger partial charge is 0.459 e. The Morgan fingerprint density at radius 3 is 2.53 bits per heavy atom. The van der Waals surface area contributed by atoms with Crippen molar-refractivity contribution in [2.45, 2.75) is 58.2 Å². The van der Waals surface area contributed by atoms with Crippen molar-refractivity contribution < 1.29 is 14.3 Å². The van der Waals surface area contributed by atoms with Gasteiger partial charge in [-0.25, -0.2) is 0 Å². The lowest BCUT2D eigenvalue weighted by Gasteiger charge is -2.22. The van der Waals surface area contributed by atoms with Crippen LogP contribution in [0, 0.1) is 0 Å².